The van der Waals surface area contributed by atoms with Gasteiger partial charge >= 0.3 is 0 Å². The Bertz CT molecular complexity index is 890. The van der Waals surface area contributed by atoms with Crippen LogP contribution in [0, 0.1) is 0 Å². The summed E-state index contributed by atoms with van der Waals surface area (Å²) in [5.41, 5.74) is 1.12. The van der Waals surface area contributed by atoms with Crippen molar-refractivity contribution in [2.24, 2.45) is 0 Å². The van der Waals surface area contributed by atoms with Crippen LogP contribution in [0.5, 0.6) is 0 Å². The molecule has 4 rings (SSSR count). The summed E-state index contributed by atoms with van der Waals surface area (Å²) in [5.74, 6) is 0.841. The van der Waals surface area contributed by atoms with Crippen LogP contribution in [-0.4, -0.2) is 47.3 Å². The van der Waals surface area contributed by atoms with E-state index in [0.29, 0.717) is 24.0 Å². The molecule has 0 aromatic carbocycles. The number of amides is 1. The van der Waals surface area contributed by atoms with Gasteiger partial charge < -0.3 is 10.2 Å². The van der Waals surface area contributed by atoms with Gasteiger partial charge in [0, 0.05) is 37.5 Å². The number of hydrogen-bond donors (Lipinski definition) is 1. The molecule has 0 unspecified atom stereocenters. The molecule has 0 bridgehead atoms. The highest BCUT2D eigenvalue weighted by atomic mass is 16.2. The minimum absolute atomic E-state index is 0.116. The molecule has 1 N–H and O–H groups in total. The molecule has 1 saturated heterocycles. The number of anilines is 2. The molecule has 0 aliphatic carbocycles. The quantitative estimate of drug-likeness (QED) is 0.760. The first-order chi connectivity index (χ1) is 12.8. The molecule has 0 saturated carbocycles. The van der Waals surface area contributed by atoms with Crippen molar-refractivity contribution in [2.75, 3.05) is 11.9 Å². The zero-order valence-electron chi connectivity index (χ0n) is 13.9. The molecular weight excluding hydrogens is 332 g/mol. The van der Waals surface area contributed by atoms with Crippen molar-refractivity contribution in [2.45, 2.75) is 18.9 Å². The zero-order chi connectivity index (χ0) is 17.8. The monoisotopic (exact) mass is 348 g/mol. The number of rotatable bonds is 4. The van der Waals surface area contributed by atoms with Crippen molar-refractivity contribution in [3.8, 4) is 0 Å². The molecule has 1 atom stereocenters. The van der Waals surface area contributed by atoms with E-state index >= 15 is 0 Å². The Labute approximate surface area is 149 Å². The van der Waals surface area contributed by atoms with E-state index in [0.717, 1.165) is 18.5 Å². The summed E-state index contributed by atoms with van der Waals surface area (Å²) in [5, 5.41) is 3.02. The molecule has 1 amide bonds. The smallest absolute Gasteiger partial charge is 0.274 e. The lowest BCUT2D eigenvalue weighted by molar-refractivity contribution is 0.0726. The minimum atomic E-state index is -0.136. The van der Waals surface area contributed by atoms with E-state index in [-0.39, 0.29) is 11.9 Å². The maximum Gasteiger partial charge on any atom is 0.274 e. The van der Waals surface area contributed by atoms with Gasteiger partial charge in [0.1, 0.15) is 5.69 Å². The van der Waals surface area contributed by atoms with Crippen molar-refractivity contribution < 1.29 is 4.79 Å². The van der Waals surface area contributed by atoms with E-state index in [4.69, 9.17) is 0 Å². The second kappa shape index (κ2) is 7.18. The summed E-state index contributed by atoms with van der Waals surface area (Å²) in [7, 11) is 0. The fraction of sp³-hybridized carbons (Fsp3) is 0.235. The lowest BCUT2D eigenvalue weighted by atomic mass is 10.1. The van der Waals surface area contributed by atoms with Gasteiger partial charge in [0.2, 0.25) is 5.95 Å². The predicted molar refractivity (Wildman–Crippen MR) is 92.4 cm³/mol. The summed E-state index contributed by atoms with van der Waals surface area (Å²) in [6.45, 7) is 0.664. The molecular formula is C17H16N8O. The van der Waals surface area contributed by atoms with Gasteiger partial charge in [-0.15, -0.1) is 0 Å². The van der Waals surface area contributed by atoms with Gasteiger partial charge in [0.25, 0.3) is 5.91 Å². The average molecular weight is 348 g/mol. The van der Waals surface area contributed by atoms with Gasteiger partial charge in [0.15, 0.2) is 5.82 Å². The van der Waals surface area contributed by atoms with Gasteiger partial charge in [-0.3, -0.25) is 14.8 Å². The van der Waals surface area contributed by atoms with Gasteiger partial charge in [-0.25, -0.2) is 19.9 Å². The normalized spacial score (nSPS) is 16.5. The van der Waals surface area contributed by atoms with Crippen LogP contribution in [0.1, 0.15) is 35.1 Å². The molecule has 9 heteroatoms. The number of carbonyl (C=O) groups is 1. The van der Waals surface area contributed by atoms with E-state index in [1.165, 1.54) is 12.4 Å². The van der Waals surface area contributed by atoms with Crippen molar-refractivity contribution in [3.05, 3.63) is 60.8 Å². The Balaban J connectivity index is 1.56. The first-order valence-electron chi connectivity index (χ1n) is 8.24. The Morgan fingerprint density at radius 3 is 2.65 bits per heavy atom. The predicted octanol–water partition coefficient (Wildman–Crippen LogP) is 1.78. The van der Waals surface area contributed by atoms with Crippen LogP contribution in [0.25, 0.3) is 0 Å². The van der Waals surface area contributed by atoms with Gasteiger partial charge in [0.05, 0.1) is 24.1 Å². The molecule has 1 fully saturated rings. The third-order valence-corrected chi connectivity index (χ3v) is 4.12. The molecule has 4 heterocycles. The molecule has 26 heavy (non-hydrogen) atoms. The van der Waals surface area contributed by atoms with E-state index in [2.05, 4.69) is 35.2 Å². The van der Waals surface area contributed by atoms with Gasteiger partial charge in [-0.05, 0) is 18.9 Å². The lowest BCUT2D eigenvalue weighted by Gasteiger charge is -2.24. The number of hydrogen-bond acceptors (Lipinski definition) is 8. The fourth-order valence-electron chi connectivity index (χ4n) is 2.97. The highest BCUT2D eigenvalue weighted by Gasteiger charge is 2.32. The number of nitrogens with one attached hydrogen (secondary N) is 1. The Morgan fingerprint density at radius 2 is 1.88 bits per heavy atom. The lowest BCUT2D eigenvalue weighted by Crippen LogP contribution is -2.31. The van der Waals surface area contributed by atoms with Gasteiger partial charge in [-0.1, -0.05) is 0 Å². The van der Waals surface area contributed by atoms with Crippen molar-refractivity contribution in [3.63, 3.8) is 0 Å². The summed E-state index contributed by atoms with van der Waals surface area (Å²) >= 11 is 0. The average Bonchev–Trinajstić information content (AvgIpc) is 3.19. The molecule has 130 valence electrons. The molecule has 9 nitrogen and oxygen atoms in total. The first kappa shape index (κ1) is 16.0. The zero-order valence-corrected chi connectivity index (χ0v) is 13.9. The standard InChI is InChI=1S/C17H16N8O/c26-16(13-10-18-5-7-20-13)25-9-1-2-14(25)12-3-4-22-17(23-12)24-15-11-19-6-8-21-15/h3-8,10-11,14H,1-2,9H2,(H,21,22,23,24)/t14-/m0/s1. The second-order valence-corrected chi connectivity index (χ2v) is 5.77. The van der Waals surface area contributed by atoms with Crippen LogP contribution in [0.15, 0.2) is 49.4 Å². The highest BCUT2D eigenvalue weighted by Crippen LogP contribution is 2.32. The maximum absolute atomic E-state index is 12.8. The molecule has 3 aromatic heterocycles. The number of carbonyl (C=O) groups excluding carboxylic acids is 1. The van der Waals surface area contributed by atoms with Crippen molar-refractivity contribution in [1.82, 2.24) is 34.8 Å². The van der Waals surface area contributed by atoms with Crippen LogP contribution < -0.4 is 5.32 Å². The Hall–Kier alpha value is -3.49. The third-order valence-electron chi connectivity index (χ3n) is 4.12. The van der Waals surface area contributed by atoms with Gasteiger partial charge in [-0.2, -0.15) is 0 Å². The van der Waals surface area contributed by atoms with E-state index < -0.39 is 0 Å². The second-order valence-electron chi connectivity index (χ2n) is 5.77. The molecule has 0 spiro atoms. The summed E-state index contributed by atoms with van der Waals surface area (Å²) in [4.78, 5) is 39.6. The molecule has 1 aliphatic heterocycles. The topological polar surface area (TPSA) is 110 Å². The molecule has 0 radical (unpaired) electrons. The third kappa shape index (κ3) is 3.32. The maximum atomic E-state index is 12.8. The Morgan fingerprint density at radius 1 is 1.04 bits per heavy atom. The van der Waals surface area contributed by atoms with Crippen LogP contribution in [0.2, 0.25) is 0 Å². The Kier molecular flexibility index (Phi) is 4.42. The van der Waals surface area contributed by atoms with E-state index in [1.807, 2.05) is 6.07 Å². The van der Waals surface area contributed by atoms with Crippen LogP contribution in [0.4, 0.5) is 11.8 Å². The SMILES string of the molecule is O=C(c1cnccn1)N1CCC[C@H]1c1ccnc(Nc2cnccn2)n1. The number of aromatic nitrogens is 6. The van der Waals surface area contributed by atoms with Crippen molar-refractivity contribution >= 4 is 17.7 Å². The fourth-order valence-corrected chi connectivity index (χ4v) is 2.97. The largest absolute Gasteiger partial charge is 0.329 e. The number of likely N-dealkylation sites (tertiary alicyclic amines) is 1. The molecule has 3 aromatic rings. The van der Waals surface area contributed by atoms with E-state index in [9.17, 15) is 4.79 Å². The summed E-state index contributed by atoms with van der Waals surface area (Å²) < 4.78 is 0. The van der Waals surface area contributed by atoms with E-state index in [1.54, 1.807) is 35.9 Å². The first-order valence-corrected chi connectivity index (χ1v) is 8.24. The summed E-state index contributed by atoms with van der Waals surface area (Å²) in [6, 6.07) is 1.71. The van der Waals surface area contributed by atoms with Crippen LogP contribution in [-0.2, 0) is 0 Å². The van der Waals surface area contributed by atoms with Crippen LogP contribution >= 0.6 is 0 Å². The minimum Gasteiger partial charge on any atom is -0.329 e. The molecule has 1 aliphatic rings. The number of nitrogens with zero attached hydrogens (tertiary/aromatic N) is 7. The van der Waals surface area contributed by atoms with Crippen molar-refractivity contribution in [1.29, 1.82) is 0 Å². The highest BCUT2D eigenvalue weighted by molar-refractivity contribution is 5.92. The van der Waals surface area contributed by atoms with Crippen LogP contribution in [0.3, 0.4) is 0 Å². The summed E-state index contributed by atoms with van der Waals surface area (Å²) in [6.07, 6.45) is 12.8.